The molecule has 18 heavy (non-hydrogen) atoms. The second-order valence-corrected chi connectivity index (χ2v) is 3.94. The lowest BCUT2D eigenvalue weighted by molar-refractivity contribution is 0.264. The van der Waals surface area contributed by atoms with Gasteiger partial charge in [-0.1, -0.05) is 6.92 Å². The van der Waals surface area contributed by atoms with Crippen LogP contribution in [0.5, 0.6) is 0 Å². The number of aromatic nitrogens is 3. The Kier molecular flexibility index (Phi) is 3.70. The van der Waals surface area contributed by atoms with Crippen LogP contribution in [0.2, 0.25) is 0 Å². The highest BCUT2D eigenvalue weighted by Crippen LogP contribution is 2.19. The van der Waals surface area contributed by atoms with Gasteiger partial charge in [-0.2, -0.15) is 5.26 Å². The van der Waals surface area contributed by atoms with Crippen LogP contribution in [0.4, 0.5) is 0 Å². The first-order valence-corrected chi connectivity index (χ1v) is 5.83. The number of nitrogens with zero attached hydrogens (tertiary/aromatic N) is 4. The van der Waals surface area contributed by atoms with Gasteiger partial charge >= 0.3 is 0 Å². The van der Waals surface area contributed by atoms with E-state index in [1.165, 1.54) is 0 Å². The molecule has 0 atom stereocenters. The molecule has 92 valence electrons. The molecule has 1 aromatic heterocycles. The Bertz CT molecular complexity index is 566. The van der Waals surface area contributed by atoms with Crippen molar-refractivity contribution < 1.29 is 5.11 Å². The fourth-order valence-corrected chi connectivity index (χ4v) is 1.82. The third kappa shape index (κ3) is 2.24. The van der Waals surface area contributed by atoms with Gasteiger partial charge in [0.25, 0.3) is 0 Å². The zero-order chi connectivity index (χ0) is 13.0. The number of hydrogen-bond donors (Lipinski definition) is 1. The minimum Gasteiger partial charge on any atom is -0.388 e. The fourth-order valence-electron chi connectivity index (χ4n) is 1.82. The average molecular weight is 242 g/mol. The van der Waals surface area contributed by atoms with E-state index in [-0.39, 0.29) is 6.61 Å². The molecule has 0 aliphatic carbocycles. The van der Waals surface area contributed by atoms with Crippen molar-refractivity contribution in [1.29, 1.82) is 5.26 Å². The van der Waals surface area contributed by atoms with E-state index >= 15 is 0 Å². The number of hydrogen-bond acceptors (Lipinski definition) is 4. The molecule has 0 spiro atoms. The molecule has 0 saturated heterocycles. The predicted molar refractivity (Wildman–Crippen MR) is 66.4 cm³/mol. The monoisotopic (exact) mass is 242 g/mol. The van der Waals surface area contributed by atoms with E-state index in [0.717, 1.165) is 24.4 Å². The molecule has 0 fully saturated rings. The zero-order valence-corrected chi connectivity index (χ0v) is 10.2. The highest BCUT2D eigenvalue weighted by atomic mass is 16.3. The summed E-state index contributed by atoms with van der Waals surface area (Å²) in [6, 6.07) is 9.26. The Morgan fingerprint density at radius 1 is 1.28 bits per heavy atom. The summed E-state index contributed by atoms with van der Waals surface area (Å²) < 4.78 is 1.90. The molecular formula is C13H14N4O. The number of benzene rings is 1. The molecule has 0 aliphatic heterocycles. The number of nitriles is 1. The van der Waals surface area contributed by atoms with Gasteiger partial charge in [-0.05, 0) is 30.7 Å². The SMILES string of the molecule is CCCn1c(CO)nnc1-c1ccc(C#N)cc1. The van der Waals surface area contributed by atoms with Gasteiger partial charge in [0.1, 0.15) is 6.61 Å². The molecule has 0 radical (unpaired) electrons. The molecule has 5 nitrogen and oxygen atoms in total. The van der Waals surface area contributed by atoms with E-state index < -0.39 is 0 Å². The minimum atomic E-state index is -0.122. The lowest BCUT2D eigenvalue weighted by Crippen LogP contribution is -2.05. The quantitative estimate of drug-likeness (QED) is 0.885. The van der Waals surface area contributed by atoms with Crippen molar-refractivity contribution in [2.24, 2.45) is 0 Å². The van der Waals surface area contributed by atoms with Crippen LogP contribution < -0.4 is 0 Å². The van der Waals surface area contributed by atoms with Crippen LogP contribution in [-0.4, -0.2) is 19.9 Å². The van der Waals surface area contributed by atoms with Crippen molar-refractivity contribution in [1.82, 2.24) is 14.8 Å². The van der Waals surface area contributed by atoms with Crippen LogP contribution in [0.25, 0.3) is 11.4 Å². The van der Waals surface area contributed by atoms with Crippen molar-refractivity contribution in [2.75, 3.05) is 0 Å². The molecular weight excluding hydrogens is 228 g/mol. The summed E-state index contributed by atoms with van der Waals surface area (Å²) in [7, 11) is 0. The van der Waals surface area contributed by atoms with Crippen molar-refractivity contribution in [3.05, 3.63) is 35.7 Å². The summed E-state index contributed by atoms with van der Waals surface area (Å²) in [4.78, 5) is 0. The molecule has 2 rings (SSSR count). The summed E-state index contributed by atoms with van der Waals surface area (Å²) in [5, 5.41) is 26.1. The van der Waals surface area contributed by atoms with Crippen LogP contribution in [-0.2, 0) is 13.2 Å². The topological polar surface area (TPSA) is 74.7 Å². The first-order chi connectivity index (χ1) is 8.80. The molecule has 5 heteroatoms. The van der Waals surface area contributed by atoms with E-state index in [9.17, 15) is 5.11 Å². The van der Waals surface area contributed by atoms with Crippen molar-refractivity contribution in [3.63, 3.8) is 0 Å². The first kappa shape index (κ1) is 12.3. The molecule has 0 aliphatic rings. The summed E-state index contributed by atoms with van der Waals surface area (Å²) >= 11 is 0. The maximum absolute atomic E-state index is 9.22. The highest BCUT2D eigenvalue weighted by molar-refractivity contribution is 5.56. The van der Waals surface area contributed by atoms with E-state index in [0.29, 0.717) is 11.4 Å². The molecule has 1 aromatic carbocycles. The zero-order valence-electron chi connectivity index (χ0n) is 10.2. The van der Waals surface area contributed by atoms with E-state index in [1.807, 2.05) is 16.7 Å². The van der Waals surface area contributed by atoms with Crippen molar-refractivity contribution in [3.8, 4) is 17.5 Å². The van der Waals surface area contributed by atoms with Gasteiger partial charge in [-0.25, -0.2) is 0 Å². The van der Waals surface area contributed by atoms with E-state index in [4.69, 9.17) is 5.26 Å². The maximum atomic E-state index is 9.22. The number of aliphatic hydroxyl groups is 1. The van der Waals surface area contributed by atoms with Crippen LogP contribution in [0.15, 0.2) is 24.3 Å². The van der Waals surface area contributed by atoms with Crippen LogP contribution >= 0.6 is 0 Å². The Labute approximate surface area is 105 Å². The molecule has 0 unspecified atom stereocenters. The Morgan fingerprint density at radius 3 is 2.56 bits per heavy atom. The minimum absolute atomic E-state index is 0.122. The third-order valence-corrected chi connectivity index (χ3v) is 2.69. The van der Waals surface area contributed by atoms with Gasteiger partial charge < -0.3 is 9.67 Å². The molecule has 0 saturated carbocycles. The first-order valence-electron chi connectivity index (χ1n) is 5.83. The Balaban J connectivity index is 2.43. The van der Waals surface area contributed by atoms with Crippen LogP contribution in [0.3, 0.4) is 0 Å². The number of rotatable bonds is 4. The lowest BCUT2D eigenvalue weighted by Gasteiger charge is -2.07. The van der Waals surface area contributed by atoms with Crippen LogP contribution in [0, 0.1) is 11.3 Å². The molecule has 1 heterocycles. The normalized spacial score (nSPS) is 10.3. The smallest absolute Gasteiger partial charge is 0.164 e. The maximum Gasteiger partial charge on any atom is 0.164 e. The summed E-state index contributed by atoms with van der Waals surface area (Å²) in [5.74, 6) is 1.29. The third-order valence-electron chi connectivity index (χ3n) is 2.69. The van der Waals surface area contributed by atoms with Crippen molar-refractivity contribution in [2.45, 2.75) is 26.5 Å². The van der Waals surface area contributed by atoms with Gasteiger partial charge in [-0.15, -0.1) is 10.2 Å². The van der Waals surface area contributed by atoms with Gasteiger partial charge in [0.05, 0.1) is 11.6 Å². The van der Waals surface area contributed by atoms with Gasteiger partial charge in [-0.3, -0.25) is 0 Å². The summed E-state index contributed by atoms with van der Waals surface area (Å²) in [6.07, 6.45) is 0.939. The predicted octanol–water partition coefficient (Wildman–Crippen LogP) is 1.72. The van der Waals surface area contributed by atoms with E-state index in [1.54, 1.807) is 12.1 Å². The standard InChI is InChI=1S/C13H14N4O/c1-2-7-17-12(9-18)15-16-13(17)11-5-3-10(8-14)4-6-11/h3-6,18H,2,7,9H2,1H3. The second kappa shape index (κ2) is 5.43. The molecule has 2 aromatic rings. The Hall–Kier alpha value is -2.19. The van der Waals surface area contributed by atoms with Crippen molar-refractivity contribution >= 4 is 0 Å². The van der Waals surface area contributed by atoms with Gasteiger partial charge in [0.15, 0.2) is 11.6 Å². The van der Waals surface area contributed by atoms with E-state index in [2.05, 4.69) is 23.2 Å². The average Bonchev–Trinajstić information content (AvgIpc) is 2.82. The van der Waals surface area contributed by atoms with Gasteiger partial charge in [0, 0.05) is 12.1 Å². The summed E-state index contributed by atoms with van der Waals surface area (Å²) in [5.41, 5.74) is 1.51. The van der Waals surface area contributed by atoms with Gasteiger partial charge in [0.2, 0.25) is 0 Å². The molecule has 1 N–H and O–H groups in total. The Morgan fingerprint density at radius 2 is 2.00 bits per heavy atom. The lowest BCUT2D eigenvalue weighted by atomic mass is 10.1. The summed E-state index contributed by atoms with van der Waals surface area (Å²) in [6.45, 7) is 2.70. The molecule has 0 amide bonds. The second-order valence-electron chi connectivity index (χ2n) is 3.94. The van der Waals surface area contributed by atoms with Crippen LogP contribution in [0.1, 0.15) is 24.7 Å². The largest absolute Gasteiger partial charge is 0.388 e. The highest BCUT2D eigenvalue weighted by Gasteiger charge is 2.12. The molecule has 0 bridgehead atoms. The number of aliphatic hydroxyl groups excluding tert-OH is 1. The fraction of sp³-hybridized carbons (Fsp3) is 0.308.